The summed E-state index contributed by atoms with van der Waals surface area (Å²) in [4.78, 5) is 31.0. The van der Waals surface area contributed by atoms with E-state index < -0.39 is 0 Å². The summed E-state index contributed by atoms with van der Waals surface area (Å²) in [5.41, 5.74) is 1.41. The second kappa shape index (κ2) is 9.99. The Hall–Kier alpha value is -2.13. The fraction of sp³-hybridized carbons (Fsp3) is 0.318. The molecule has 1 fully saturated rings. The number of thiophene rings is 1. The Kier molecular flexibility index (Phi) is 7.12. The molecule has 0 spiro atoms. The van der Waals surface area contributed by atoms with E-state index in [9.17, 15) is 9.59 Å². The van der Waals surface area contributed by atoms with Gasteiger partial charge in [0.2, 0.25) is 5.91 Å². The number of carbonyl (C=O) groups excluding carboxylic acids is 1. The SMILES string of the molecule is C=CCn1c(SCC(=O)NC[C@@H]2CCCO2)nc2scc(-c3ccccc3Cl)c2c1=O. The van der Waals surface area contributed by atoms with Crippen molar-refractivity contribution in [3.05, 3.63) is 57.7 Å². The third kappa shape index (κ3) is 4.87. The molecule has 0 bridgehead atoms. The molecule has 1 N–H and O–H groups in total. The highest BCUT2D eigenvalue weighted by Gasteiger charge is 2.20. The van der Waals surface area contributed by atoms with Gasteiger partial charge in [-0.1, -0.05) is 47.6 Å². The molecule has 0 unspecified atom stereocenters. The number of amides is 1. The maximum absolute atomic E-state index is 13.4. The Labute approximate surface area is 193 Å². The molecule has 2 aromatic heterocycles. The van der Waals surface area contributed by atoms with Crippen LogP contribution in [0.25, 0.3) is 21.3 Å². The Morgan fingerprint density at radius 2 is 2.26 bits per heavy atom. The van der Waals surface area contributed by atoms with Crippen molar-refractivity contribution in [2.24, 2.45) is 0 Å². The summed E-state index contributed by atoms with van der Waals surface area (Å²) in [6, 6.07) is 7.44. The number of fused-ring (bicyclic) bond motifs is 1. The van der Waals surface area contributed by atoms with Crippen LogP contribution in [0.4, 0.5) is 0 Å². The molecule has 9 heteroatoms. The number of allylic oxidation sites excluding steroid dienone is 1. The monoisotopic (exact) mass is 475 g/mol. The van der Waals surface area contributed by atoms with Crippen molar-refractivity contribution in [3.8, 4) is 11.1 Å². The van der Waals surface area contributed by atoms with Gasteiger partial charge in [-0.3, -0.25) is 14.2 Å². The number of carbonyl (C=O) groups is 1. The number of aromatic nitrogens is 2. The first kappa shape index (κ1) is 22.1. The zero-order valence-corrected chi connectivity index (χ0v) is 19.2. The predicted octanol–water partition coefficient (Wildman–Crippen LogP) is 4.35. The highest BCUT2D eigenvalue weighted by atomic mass is 35.5. The summed E-state index contributed by atoms with van der Waals surface area (Å²) < 4.78 is 7.09. The molecular formula is C22H22ClN3O3S2. The van der Waals surface area contributed by atoms with Gasteiger partial charge in [0.25, 0.3) is 5.56 Å². The second-order valence-corrected chi connectivity index (χ2v) is 9.34. The Morgan fingerprint density at radius 3 is 3.00 bits per heavy atom. The first-order valence-corrected chi connectivity index (χ1v) is 12.2. The number of nitrogens with zero attached hydrogens (tertiary/aromatic N) is 2. The van der Waals surface area contributed by atoms with Crippen LogP contribution in [0.3, 0.4) is 0 Å². The molecule has 0 saturated carbocycles. The van der Waals surface area contributed by atoms with Gasteiger partial charge in [0.05, 0.1) is 17.2 Å². The van der Waals surface area contributed by atoms with Crippen molar-refractivity contribution in [1.82, 2.24) is 14.9 Å². The van der Waals surface area contributed by atoms with Crippen molar-refractivity contribution < 1.29 is 9.53 Å². The summed E-state index contributed by atoms with van der Waals surface area (Å²) in [5, 5.41) is 6.42. The second-order valence-electron chi connectivity index (χ2n) is 7.14. The largest absolute Gasteiger partial charge is 0.376 e. The topological polar surface area (TPSA) is 73.2 Å². The van der Waals surface area contributed by atoms with Gasteiger partial charge in [-0.15, -0.1) is 17.9 Å². The summed E-state index contributed by atoms with van der Waals surface area (Å²) in [6.45, 7) is 5.33. The van der Waals surface area contributed by atoms with Crippen LogP contribution in [0, 0.1) is 0 Å². The van der Waals surface area contributed by atoms with E-state index in [4.69, 9.17) is 16.3 Å². The summed E-state index contributed by atoms with van der Waals surface area (Å²) in [5.74, 6) is 0.0628. The molecule has 4 rings (SSSR count). The van der Waals surface area contributed by atoms with Crippen LogP contribution in [0.2, 0.25) is 5.02 Å². The number of ether oxygens (including phenoxy) is 1. The van der Waals surface area contributed by atoms with Gasteiger partial charge in [-0.25, -0.2) is 4.98 Å². The van der Waals surface area contributed by atoms with Crippen LogP contribution < -0.4 is 10.9 Å². The number of halogens is 1. The lowest BCUT2D eigenvalue weighted by atomic mass is 10.1. The quantitative estimate of drug-likeness (QED) is 0.298. The number of benzene rings is 1. The fourth-order valence-electron chi connectivity index (χ4n) is 3.50. The molecule has 31 heavy (non-hydrogen) atoms. The summed E-state index contributed by atoms with van der Waals surface area (Å²) in [7, 11) is 0. The number of nitrogens with one attached hydrogen (secondary N) is 1. The van der Waals surface area contributed by atoms with E-state index in [0.717, 1.165) is 30.6 Å². The van der Waals surface area contributed by atoms with Gasteiger partial charge >= 0.3 is 0 Å². The molecule has 1 atom stereocenters. The highest BCUT2D eigenvalue weighted by molar-refractivity contribution is 7.99. The van der Waals surface area contributed by atoms with Gasteiger partial charge in [0.1, 0.15) is 4.83 Å². The molecule has 1 saturated heterocycles. The molecular weight excluding hydrogens is 454 g/mol. The van der Waals surface area contributed by atoms with E-state index in [1.807, 2.05) is 23.6 Å². The maximum Gasteiger partial charge on any atom is 0.263 e. The predicted molar refractivity (Wildman–Crippen MR) is 127 cm³/mol. The molecule has 1 aromatic carbocycles. The average Bonchev–Trinajstić information content (AvgIpc) is 3.43. The third-order valence-electron chi connectivity index (χ3n) is 5.02. The minimum atomic E-state index is -0.164. The van der Waals surface area contributed by atoms with Crippen molar-refractivity contribution >= 4 is 50.8 Å². The van der Waals surface area contributed by atoms with Gasteiger partial charge in [-0.05, 0) is 18.9 Å². The van der Waals surface area contributed by atoms with E-state index in [1.165, 1.54) is 23.1 Å². The summed E-state index contributed by atoms with van der Waals surface area (Å²) in [6.07, 6.45) is 3.75. The first-order valence-electron chi connectivity index (χ1n) is 9.97. The smallest absolute Gasteiger partial charge is 0.263 e. The maximum atomic E-state index is 13.4. The Bertz CT molecular complexity index is 1170. The van der Waals surface area contributed by atoms with E-state index in [2.05, 4.69) is 16.9 Å². The lowest BCUT2D eigenvalue weighted by Gasteiger charge is -2.12. The van der Waals surface area contributed by atoms with Gasteiger partial charge < -0.3 is 10.1 Å². The van der Waals surface area contributed by atoms with Crippen molar-refractivity contribution in [3.63, 3.8) is 0 Å². The molecule has 1 aliphatic heterocycles. The van der Waals surface area contributed by atoms with Crippen molar-refractivity contribution in [1.29, 1.82) is 0 Å². The number of thioether (sulfide) groups is 1. The molecule has 0 radical (unpaired) electrons. The van der Waals surface area contributed by atoms with Crippen LogP contribution >= 0.6 is 34.7 Å². The molecule has 3 heterocycles. The lowest BCUT2D eigenvalue weighted by molar-refractivity contribution is -0.119. The van der Waals surface area contributed by atoms with Gasteiger partial charge in [0.15, 0.2) is 5.16 Å². The normalized spacial score (nSPS) is 16.0. The van der Waals surface area contributed by atoms with Crippen molar-refractivity contribution in [2.75, 3.05) is 18.9 Å². The first-order chi connectivity index (χ1) is 15.1. The van der Waals surface area contributed by atoms with E-state index in [0.29, 0.717) is 33.5 Å². The molecule has 1 aliphatic rings. The van der Waals surface area contributed by atoms with Crippen LogP contribution in [-0.4, -0.2) is 40.5 Å². The molecule has 1 amide bonds. The number of rotatable bonds is 8. The van der Waals surface area contributed by atoms with Crippen molar-refractivity contribution in [2.45, 2.75) is 30.6 Å². The third-order valence-corrected chi connectivity index (χ3v) is 7.20. The average molecular weight is 476 g/mol. The van der Waals surface area contributed by atoms with Gasteiger partial charge in [0, 0.05) is 41.2 Å². The summed E-state index contributed by atoms with van der Waals surface area (Å²) >= 11 is 9.00. The zero-order valence-electron chi connectivity index (χ0n) is 16.8. The van der Waals surface area contributed by atoms with Crippen LogP contribution in [0.1, 0.15) is 12.8 Å². The van der Waals surface area contributed by atoms with Crippen LogP contribution in [0.15, 0.2) is 52.3 Å². The minimum Gasteiger partial charge on any atom is -0.376 e. The van der Waals surface area contributed by atoms with Crippen LogP contribution in [-0.2, 0) is 16.1 Å². The minimum absolute atomic E-state index is 0.0942. The fourth-order valence-corrected chi connectivity index (χ4v) is 5.55. The Morgan fingerprint density at radius 1 is 1.42 bits per heavy atom. The molecule has 3 aromatic rings. The van der Waals surface area contributed by atoms with E-state index in [-0.39, 0.29) is 23.3 Å². The number of hydrogen-bond donors (Lipinski definition) is 1. The molecule has 0 aliphatic carbocycles. The lowest BCUT2D eigenvalue weighted by Crippen LogP contribution is -2.33. The molecule has 162 valence electrons. The van der Waals surface area contributed by atoms with E-state index in [1.54, 1.807) is 16.7 Å². The zero-order chi connectivity index (χ0) is 21.8. The molecule has 6 nitrogen and oxygen atoms in total. The van der Waals surface area contributed by atoms with Gasteiger partial charge in [-0.2, -0.15) is 0 Å². The Balaban J connectivity index is 1.59. The highest BCUT2D eigenvalue weighted by Crippen LogP contribution is 2.35. The number of hydrogen-bond acceptors (Lipinski definition) is 6. The standard InChI is InChI=1S/C22H22ClN3O3S2/c1-2-9-26-21(28)19-16(15-7-3-4-8-17(15)23)12-30-20(19)25-22(26)31-13-18(27)24-11-14-6-5-10-29-14/h2-4,7-8,12,14H,1,5-6,9-11,13H2,(H,24,27)/t14-/m0/s1. The van der Waals surface area contributed by atoms with E-state index >= 15 is 0 Å². The van der Waals surface area contributed by atoms with Crippen LogP contribution in [0.5, 0.6) is 0 Å².